The molecule has 72 valence electrons. The van der Waals surface area contributed by atoms with Gasteiger partial charge in [0.05, 0.1) is 10.7 Å². The summed E-state index contributed by atoms with van der Waals surface area (Å²) in [6.45, 7) is 0.732. The molecule has 0 saturated heterocycles. The molecule has 0 bridgehead atoms. The molecule has 1 aromatic carbocycles. The maximum absolute atomic E-state index is 5.86. The number of thioether (sulfide) groups is 1. The molecule has 0 aliphatic carbocycles. The fourth-order valence-corrected chi connectivity index (χ4v) is 2.03. The van der Waals surface area contributed by atoms with Crippen molar-refractivity contribution in [2.24, 2.45) is 5.73 Å². The predicted molar refractivity (Wildman–Crippen MR) is 60.3 cm³/mol. The van der Waals surface area contributed by atoms with Crippen LogP contribution in [0.4, 0.5) is 5.69 Å². The van der Waals surface area contributed by atoms with Crippen molar-refractivity contribution >= 4 is 29.1 Å². The summed E-state index contributed by atoms with van der Waals surface area (Å²) in [5, 5.41) is 0.623. The summed E-state index contributed by atoms with van der Waals surface area (Å²) in [7, 11) is 0. The number of nitrogens with two attached hydrogens (primary N) is 2. The fourth-order valence-electron chi connectivity index (χ4n) is 0.871. The Morgan fingerprint density at radius 1 is 1.38 bits per heavy atom. The highest BCUT2D eigenvalue weighted by Crippen LogP contribution is 2.26. The summed E-state index contributed by atoms with van der Waals surface area (Å²) in [6.07, 6.45) is 1.02. The van der Waals surface area contributed by atoms with Crippen molar-refractivity contribution < 1.29 is 0 Å². The second-order valence-corrected chi connectivity index (χ2v) is 4.25. The van der Waals surface area contributed by atoms with E-state index >= 15 is 0 Å². The molecule has 0 aliphatic heterocycles. The number of halogens is 1. The maximum Gasteiger partial charge on any atom is 0.0646 e. The normalized spacial score (nSPS) is 10.3. The van der Waals surface area contributed by atoms with Crippen molar-refractivity contribution in [2.45, 2.75) is 11.3 Å². The molecule has 2 nitrogen and oxygen atoms in total. The zero-order valence-electron chi connectivity index (χ0n) is 7.29. The van der Waals surface area contributed by atoms with Crippen molar-refractivity contribution in [2.75, 3.05) is 18.0 Å². The van der Waals surface area contributed by atoms with E-state index in [2.05, 4.69) is 0 Å². The first-order valence-corrected chi connectivity index (χ1v) is 5.48. The Labute approximate surface area is 87.6 Å². The lowest BCUT2D eigenvalue weighted by molar-refractivity contribution is 0.943. The van der Waals surface area contributed by atoms with E-state index < -0.39 is 0 Å². The van der Waals surface area contributed by atoms with E-state index in [9.17, 15) is 0 Å². The van der Waals surface area contributed by atoms with Gasteiger partial charge in [-0.1, -0.05) is 11.6 Å². The summed E-state index contributed by atoms with van der Waals surface area (Å²) in [5.74, 6) is 1.02. The highest BCUT2D eigenvalue weighted by atomic mass is 35.5. The first-order chi connectivity index (χ1) is 6.24. The molecule has 0 aromatic heterocycles. The molecular weight excluding hydrogens is 204 g/mol. The molecule has 1 rings (SSSR count). The molecule has 4 heteroatoms. The first-order valence-electron chi connectivity index (χ1n) is 4.12. The van der Waals surface area contributed by atoms with Gasteiger partial charge in [-0.25, -0.2) is 0 Å². The average molecular weight is 217 g/mol. The fraction of sp³-hybridized carbons (Fsp3) is 0.333. The minimum atomic E-state index is 0.623. The quantitative estimate of drug-likeness (QED) is 0.462. The molecule has 0 fully saturated rings. The Bertz CT molecular complexity index is 278. The zero-order valence-corrected chi connectivity index (χ0v) is 8.87. The predicted octanol–water partition coefficient (Wildman–Crippen LogP) is 2.36. The van der Waals surface area contributed by atoms with Gasteiger partial charge in [0.25, 0.3) is 0 Å². The van der Waals surface area contributed by atoms with Gasteiger partial charge in [-0.3, -0.25) is 0 Å². The minimum Gasteiger partial charge on any atom is -0.398 e. The van der Waals surface area contributed by atoms with E-state index in [0.717, 1.165) is 23.6 Å². The average Bonchev–Trinajstić information content (AvgIpc) is 2.12. The van der Waals surface area contributed by atoms with Crippen molar-refractivity contribution in [3.05, 3.63) is 23.2 Å². The second kappa shape index (κ2) is 5.37. The molecule has 0 amide bonds. The Morgan fingerprint density at radius 2 is 2.15 bits per heavy atom. The van der Waals surface area contributed by atoms with E-state index in [1.165, 1.54) is 0 Å². The van der Waals surface area contributed by atoms with Crippen LogP contribution in [0.1, 0.15) is 6.42 Å². The van der Waals surface area contributed by atoms with Crippen LogP contribution in [0, 0.1) is 0 Å². The van der Waals surface area contributed by atoms with Crippen LogP contribution in [0.3, 0.4) is 0 Å². The zero-order chi connectivity index (χ0) is 9.68. The van der Waals surface area contributed by atoms with E-state index in [0.29, 0.717) is 10.7 Å². The van der Waals surface area contributed by atoms with Crippen molar-refractivity contribution in [1.29, 1.82) is 0 Å². The van der Waals surface area contributed by atoms with Crippen LogP contribution in [0.25, 0.3) is 0 Å². The van der Waals surface area contributed by atoms with Gasteiger partial charge in [0.2, 0.25) is 0 Å². The van der Waals surface area contributed by atoms with E-state index in [1.807, 2.05) is 18.2 Å². The molecular formula is C9H13ClN2S. The van der Waals surface area contributed by atoms with Crippen LogP contribution >= 0.6 is 23.4 Å². The molecule has 0 radical (unpaired) electrons. The molecule has 0 heterocycles. The Morgan fingerprint density at radius 3 is 2.77 bits per heavy atom. The molecule has 0 unspecified atom stereocenters. The topological polar surface area (TPSA) is 52.0 Å². The number of anilines is 1. The molecule has 0 aliphatic rings. The van der Waals surface area contributed by atoms with Gasteiger partial charge in [0.1, 0.15) is 0 Å². The van der Waals surface area contributed by atoms with Gasteiger partial charge in [-0.2, -0.15) is 0 Å². The third-order valence-corrected chi connectivity index (χ3v) is 3.00. The van der Waals surface area contributed by atoms with Gasteiger partial charge >= 0.3 is 0 Å². The highest BCUT2D eigenvalue weighted by molar-refractivity contribution is 7.99. The molecule has 0 atom stereocenters. The molecule has 13 heavy (non-hydrogen) atoms. The van der Waals surface area contributed by atoms with Crippen LogP contribution in [-0.2, 0) is 0 Å². The molecule has 4 N–H and O–H groups in total. The van der Waals surface area contributed by atoms with Crippen molar-refractivity contribution in [3.8, 4) is 0 Å². The lowest BCUT2D eigenvalue weighted by Crippen LogP contribution is -1.99. The summed E-state index contributed by atoms with van der Waals surface area (Å²) in [5.41, 5.74) is 11.6. The number of nitrogen functional groups attached to an aromatic ring is 1. The molecule has 0 spiro atoms. The number of benzene rings is 1. The maximum atomic E-state index is 5.86. The van der Waals surface area contributed by atoms with Crippen molar-refractivity contribution in [1.82, 2.24) is 0 Å². The van der Waals surface area contributed by atoms with Crippen LogP contribution in [0.2, 0.25) is 5.02 Å². The Hall–Kier alpha value is -0.380. The number of hydrogen-bond donors (Lipinski definition) is 2. The van der Waals surface area contributed by atoms with Crippen molar-refractivity contribution in [3.63, 3.8) is 0 Å². The summed E-state index contributed by atoms with van der Waals surface area (Å²) < 4.78 is 0. The number of hydrogen-bond acceptors (Lipinski definition) is 3. The smallest absolute Gasteiger partial charge is 0.0646 e. The summed E-state index contributed by atoms with van der Waals surface area (Å²) >= 11 is 7.61. The highest BCUT2D eigenvalue weighted by Gasteiger charge is 1.98. The Balaban J connectivity index is 2.53. The Kier molecular flexibility index (Phi) is 4.42. The van der Waals surface area contributed by atoms with Crippen LogP contribution in [-0.4, -0.2) is 12.3 Å². The summed E-state index contributed by atoms with van der Waals surface area (Å²) in [6, 6.07) is 5.69. The monoisotopic (exact) mass is 216 g/mol. The van der Waals surface area contributed by atoms with Gasteiger partial charge in [-0.15, -0.1) is 11.8 Å². The second-order valence-electron chi connectivity index (χ2n) is 2.67. The number of rotatable bonds is 4. The van der Waals surface area contributed by atoms with Gasteiger partial charge < -0.3 is 11.5 Å². The molecule has 1 aromatic rings. The van der Waals surface area contributed by atoms with E-state index in [4.69, 9.17) is 23.1 Å². The van der Waals surface area contributed by atoms with Crippen LogP contribution < -0.4 is 11.5 Å². The lowest BCUT2D eigenvalue weighted by Gasteiger charge is -2.02. The van der Waals surface area contributed by atoms with E-state index in [1.54, 1.807) is 11.8 Å². The SMILES string of the molecule is NCCCSc1ccc(N)c(Cl)c1. The first kappa shape index (κ1) is 10.7. The third kappa shape index (κ3) is 3.46. The largest absolute Gasteiger partial charge is 0.398 e. The lowest BCUT2D eigenvalue weighted by atomic mass is 10.3. The third-order valence-electron chi connectivity index (χ3n) is 1.59. The van der Waals surface area contributed by atoms with Gasteiger partial charge in [0, 0.05) is 4.90 Å². The van der Waals surface area contributed by atoms with Gasteiger partial charge in [-0.05, 0) is 36.9 Å². The minimum absolute atomic E-state index is 0.623. The summed E-state index contributed by atoms with van der Waals surface area (Å²) in [4.78, 5) is 1.15. The van der Waals surface area contributed by atoms with Crippen LogP contribution in [0.5, 0.6) is 0 Å². The van der Waals surface area contributed by atoms with Gasteiger partial charge in [0.15, 0.2) is 0 Å². The van der Waals surface area contributed by atoms with Crippen LogP contribution in [0.15, 0.2) is 23.1 Å². The van der Waals surface area contributed by atoms with E-state index in [-0.39, 0.29) is 0 Å². The molecule has 0 saturated carbocycles. The standard InChI is InChI=1S/C9H13ClN2S/c10-8-6-7(2-3-9(8)12)13-5-1-4-11/h2-3,6H,1,4-5,11-12H2.